The van der Waals surface area contributed by atoms with Crippen molar-refractivity contribution >= 4 is 23.9 Å². The maximum atomic E-state index is 13.2. The number of nitrogens with zero attached hydrogens (tertiary/aromatic N) is 4. The zero-order valence-electron chi connectivity index (χ0n) is 17.6. The maximum Gasteiger partial charge on any atom is 0.273 e. The molecule has 2 aliphatic rings. The van der Waals surface area contributed by atoms with Crippen LogP contribution in [0, 0.1) is 11.8 Å². The minimum absolute atomic E-state index is 0.0748. The van der Waals surface area contributed by atoms with Crippen molar-refractivity contribution in [1.82, 2.24) is 15.2 Å². The van der Waals surface area contributed by atoms with Crippen LogP contribution in [0.1, 0.15) is 57.6 Å². The molecule has 1 aliphatic carbocycles. The number of hydrogen-bond donors (Lipinski definition) is 3. The summed E-state index contributed by atoms with van der Waals surface area (Å²) in [5.74, 6) is -2.04. The number of hydrogen-bond acceptors (Lipinski definition) is 6. The highest BCUT2D eigenvalue weighted by Gasteiger charge is 2.38. The molecule has 3 rings (SSSR count). The van der Waals surface area contributed by atoms with Crippen molar-refractivity contribution in [2.75, 3.05) is 0 Å². The smallest absolute Gasteiger partial charge is 0.273 e. The molecule has 3 N–H and O–H groups in total. The van der Waals surface area contributed by atoms with E-state index in [9.17, 15) is 19.6 Å². The van der Waals surface area contributed by atoms with E-state index in [0.717, 1.165) is 35.4 Å². The molecule has 1 aliphatic heterocycles. The largest absolute Gasteiger partial charge is 0.427 e. The number of aryl methyl sites for hydroxylation is 1. The van der Waals surface area contributed by atoms with E-state index >= 15 is 0 Å². The summed E-state index contributed by atoms with van der Waals surface area (Å²) in [5, 5.41) is 24.3. The molecule has 168 valence electrons. The standard InChI is InChI=1S/C21H29N5O5/c1-2-16-8-5-9-18(26(16)31)23-20(28)17-10-11-22-25(17)21(29)15(13-19(27)24-30)12-14-6-3-4-7-14/h5,8-9,11,14-15,17,30-31H,2-4,6-7,10,12-13H2,1H3,(H,24,27)/t15-,17?/m1/s1. The molecule has 0 aromatic carbocycles. The number of hydroxylamine groups is 1. The Morgan fingerprint density at radius 1 is 1.29 bits per heavy atom. The van der Waals surface area contributed by atoms with E-state index < -0.39 is 29.7 Å². The van der Waals surface area contributed by atoms with Crippen molar-refractivity contribution in [3.05, 3.63) is 29.4 Å². The van der Waals surface area contributed by atoms with Gasteiger partial charge in [-0.05, 0) is 30.9 Å². The molecule has 1 aromatic rings. The van der Waals surface area contributed by atoms with Crippen LogP contribution in [0.25, 0.3) is 0 Å². The van der Waals surface area contributed by atoms with Crippen molar-refractivity contribution in [2.45, 2.75) is 64.3 Å². The second kappa shape index (κ2) is 10.3. The molecule has 2 heterocycles. The van der Waals surface area contributed by atoms with E-state index in [2.05, 4.69) is 10.1 Å². The van der Waals surface area contributed by atoms with E-state index in [1.807, 2.05) is 6.92 Å². The molecule has 1 saturated carbocycles. The lowest BCUT2D eigenvalue weighted by Gasteiger charge is -2.25. The second-order valence-corrected chi connectivity index (χ2v) is 8.05. The lowest BCUT2D eigenvalue weighted by atomic mass is 9.89. The first-order valence-corrected chi connectivity index (χ1v) is 10.7. The molecule has 0 bridgehead atoms. The van der Waals surface area contributed by atoms with Crippen molar-refractivity contribution in [3.8, 4) is 0 Å². The highest BCUT2D eigenvalue weighted by molar-refractivity contribution is 5.94. The van der Waals surface area contributed by atoms with Crippen LogP contribution in [0.2, 0.25) is 0 Å². The number of amides is 3. The first-order valence-electron chi connectivity index (χ1n) is 10.7. The Balaban J connectivity index is 1.80. The number of carbonyl (C=O) groups is 3. The number of nitrogens with one attached hydrogen (secondary N) is 1. The number of hydrazone groups is 1. The van der Waals surface area contributed by atoms with Gasteiger partial charge in [0.05, 0.1) is 5.69 Å². The summed E-state index contributed by atoms with van der Waals surface area (Å²) in [4.78, 5) is 41.9. The van der Waals surface area contributed by atoms with Gasteiger partial charge in [-0.1, -0.05) is 38.7 Å². The molecule has 10 nitrogen and oxygen atoms in total. The Labute approximate surface area is 180 Å². The normalized spacial score (nSPS) is 20.3. The van der Waals surface area contributed by atoms with Crippen LogP contribution in [-0.2, 0) is 20.8 Å². The Kier molecular flexibility index (Phi) is 7.56. The number of rotatable bonds is 7. The quantitative estimate of drug-likeness (QED) is 0.340. The van der Waals surface area contributed by atoms with Gasteiger partial charge in [0.2, 0.25) is 11.8 Å². The second-order valence-electron chi connectivity index (χ2n) is 8.05. The van der Waals surface area contributed by atoms with Crippen LogP contribution < -0.4 is 11.0 Å². The van der Waals surface area contributed by atoms with E-state index in [1.54, 1.807) is 17.6 Å². The average molecular weight is 431 g/mol. The Morgan fingerprint density at radius 2 is 2.03 bits per heavy atom. The third-order valence-corrected chi connectivity index (χ3v) is 5.95. The van der Waals surface area contributed by atoms with Crippen LogP contribution in [0.3, 0.4) is 0 Å². The monoisotopic (exact) mass is 431 g/mol. The van der Waals surface area contributed by atoms with Crippen LogP contribution in [-0.4, -0.2) is 50.1 Å². The van der Waals surface area contributed by atoms with Gasteiger partial charge in [0, 0.05) is 25.0 Å². The van der Waals surface area contributed by atoms with Crippen LogP contribution in [0.5, 0.6) is 0 Å². The van der Waals surface area contributed by atoms with Gasteiger partial charge in [0.25, 0.3) is 5.91 Å². The van der Waals surface area contributed by atoms with Crippen molar-refractivity contribution in [2.24, 2.45) is 21.9 Å². The molecular formula is C21H29N5O5. The van der Waals surface area contributed by atoms with Gasteiger partial charge in [0.15, 0.2) is 5.49 Å². The molecule has 31 heavy (non-hydrogen) atoms. The number of carbonyl (C=O) groups excluding carboxylic acids is 3. The molecule has 1 unspecified atom stereocenters. The first-order chi connectivity index (χ1) is 14.9. The molecular weight excluding hydrogens is 402 g/mol. The fraction of sp³-hybridized carbons (Fsp3) is 0.571. The zero-order chi connectivity index (χ0) is 22.4. The van der Waals surface area contributed by atoms with Gasteiger partial charge < -0.3 is 5.21 Å². The van der Waals surface area contributed by atoms with Crippen LogP contribution in [0.15, 0.2) is 28.3 Å². The first kappa shape index (κ1) is 22.7. The van der Waals surface area contributed by atoms with E-state index in [4.69, 9.17) is 5.21 Å². The van der Waals surface area contributed by atoms with E-state index in [0.29, 0.717) is 24.5 Å². The summed E-state index contributed by atoms with van der Waals surface area (Å²) in [7, 11) is 0. The van der Waals surface area contributed by atoms with Crippen LogP contribution in [0.4, 0.5) is 0 Å². The number of pyridine rings is 1. The van der Waals surface area contributed by atoms with Gasteiger partial charge in [-0.15, -0.1) is 0 Å². The molecule has 3 amide bonds. The summed E-state index contributed by atoms with van der Waals surface area (Å²) in [6.45, 7) is 1.87. The Morgan fingerprint density at radius 3 is 2.71 bits per heavy atom. The SMILES string of the molecule is CCc1cccc(=NC(=O)C2CC=NN2C(=O)[C@@H](CC(=O)NO)CC2CCCC2)n1O. The molecule has 1 aromatic heterocycles. The molecule has 1 fully saturated rings. The minimum atomic E-state index is -0.930. The topological polar surface area (TPSA) is 137 Å². The molecule has 0 saturated heterocycles. The third kappa shape index (κ3) is 5.38. The molecule has 0 spiro atoms. The molecule has 2 atom stereocenters. The Bertz CT molecular complexity index is 919. The predicted molar refractivity (Wildman–Crippen MR) is 110 cm³/mol. The van der Waals surface area contributed by atoms with Gasteiger partial charge in [0.1, 0.15) is 6.04 Å². The fourth-order valence-electron chi connectivity index (χ4n) is 4.28. The van der Waals surface area contributed by atoms with Crippen molar-refractivity contribution in [3.63, 3.8) is 0 Å². The van der Waals surface area contributed by atoms with E-state index in [1.165, 1.54) is 12.3 Å². The predicted octanol–water partition coefficient (Wildman–Crippen LogP) is 1.39. The molecule has 10 heteroatoms. The maximum absolute atomic E-state index is 13.2. The van der Waals surface area contributed by atoms with Crippen molar-refractivity contribution in [1.29, 1.82) is 0 Å². The average Bonchev–Trinajstić information content (AvgIpc) is 3.46. The highest BCUT2D eigenvalue weighted by Crippen LogP contribution is 2.33. The summed E-state index contributed by atoms with van der Waals surface area (Å²) in [6.07, 6.45) is 6.75. The third-order valence-electron chi connectivity index (χ3n) is 5.95. The fourth-order valence-corrected chi connectivity index (χ4v) is 4.28. The van der Waals surface area contributed by atoms with Gasteiger partial charge in [-0.2, -0.15) is 14.8 Å². The summed E-state index contributed by atoms with van der Waals surface area (Å²) in [5.41, 5.74) is 2.25. The summed E-state index contributed by atoms with van der Waals surface area (Å²) < 4.78 is 0.856. The highest BCUT2D eigenvalue weighted by atomic mass is 16.5. The number of aromatic nitrogens is 1. The van der Waals surface area contributed by atoms with Gasteiger partial charge in [-0.3, -0.25) is 19.6 Å². The lowest BCUT2D eigenvalue weighted by Crippen LogP contribution is -2.43. The summed E-state index contributed by atoms with van der Waals surface area (Å²) in [6, 6.07) is 3.99. The lowest BCUT2D eigenvalue weighted by molar-refractivity contribution is -0.145. The Hall–Kier alpha value is -3.01. The summed E-state index contributed by atoms with van der Waals surface area (Å²) >= 11 is 0. The molecule has 0 radical (unpaired) electrons. The van der Waals surface area contributed by atoms with Gasteiger partial charge >= 0.3 is 0 Å². The van der Waals surface area contributed by atoms with E-state index in [-0.39, 0.29) is 18.3 Å². The van der Waals surface area contributed by atoms with Crippen molar-refractivity contribution < 1.29 is 24.8 Å². The minimum Gasteiger partial charge on any atom is -0.427 e. The van der Waals surface area contributed by atoms with Crippen LogP contribution >= 0.6 is 0 Å². The van der Waals surface area contributed by atoms with Gasteiger partial charge in [-0.25, -0.2) is 10.5 Å². The zero-order valence-corrected chi connectivity index (χ0v) is 17.6.